The molecule has 0 bridgehead atoms. The third-order valence-electron chi connectivity index (χ3n) is 3.54. The fraction of sp³-hybridized carbons (Fsp3) is 0.0625. The van der Waals surface area contributed by atoms with Crippen LogP contribution < -0.4 is 4.74 Å². The number of nitrogens with zero attached hydrogens (tertiary/aromatic N) is 1. The summed E-state index contributed by atoms with van der Waals surface area (Å²) in [5.74, 6) is 2.00. The zero-order valence-corrected chi connectivity index (χ0v) is 15.2. The monoisotopic (exact) mass is 435 g/mol. The van der Waals surface area contributed by atoms with Crippen LogP contribution in [0.2, 0.25) is 0 Å². The molecule has 23 heavy (non-hydrogen) atoms. The van der Waals surface area contributed by atoms with E-state index in [0.717, 1.165) is 37.1 Å². The third-order valence-corrected chi connectivity index (χ3v) is 4.46. The van der Waals surface area contributed by atoms with Crippen LogP contribution in [-0.2, 0) is 0 Å². The minimum Gasteiger partial charge on any atom is -0.496 e. The predicted molar refractivity (Wildman–Crippen MR) is 95.5 cm³/mol. The van der Waals surface area contributed by atoms with Crippen LogP contribution in [0.5, 0.6) is 5.75 Å². The Labute approximate surface area is 148 Å². The molecule has 0 fully saturated rings. The molecule has 0 radical (unpaired) electrons. The van der Waals surface area contributed by atoms with Crippen LogP contribution in [0.1, 0.15) is 0 Å². The minimum atomic E-state index is 0.539. The molecule has 0 saturated carbocycles. The second-order valence-corrected chi connectivity index (χ2v) is 6.77. The number of hydrogen-bond acceptors (Lipinski definition) is 3. The van der Waals surface area contributed by atoms with Gasteiger partial charge in [0, 0.05) is 9.86 Å². The van der Waals surface area contributed by atoms with Crippen LogP contribution in [-0.4, -0.2) is 22.1 Å². The number of halogens is 2. The highest BCUT2D eigenvalue weighted by Crippen LogP contribution is 2.34. The molecule has 0 aliphatic heterocycles. The van der Waals surface area contributed by atoms with Crippen molar-refractivity contribution >= 4 is 42.8 Å². The summed E-state index contributed by atoms with van der Waals surface area (Å²) in [4.78, 5) is 10.8. The Bertz CT molecular complexity index is 1000. The molecule has 4 rings (SSSR count). The van der Waals surface area contributed by atoms with Crippen molar-refractivity contribution < 1.29 is 9.15 Å². The maximum absolute atomic E-state index is 5.86. The van der Waals surface area contributed by atoms with Crippen LogP contribution in [0, 0.1) is 0 Å². The van der Waals surface area contributed by atoms with Crippen LogP contribution in [0.15, 0.2) is 50.0 Å². The average molecular weight is 437 g/mol. The van der Waals surface area contributed by atoms with E-state index in [1.807, 2.05) is 30.3 Å². The van der Waals surface area contributed by atoms with Gasteiger partial charge >= 0.3 is 0 Å². The minimum absolute atomic E-state index is 0.539. The number of methoxy groups -OCH3 is 1. The Kier molecular flexibility index (Phi) is 3.54. The van der Waals surface area contributed by atoms with Crippen LogP contribution in [0.3, 0.4) is 0 Å². The van der Waals surface area contributed by atoms with Crippen molar-refractivity contribution in [2.45, 2.75) is 0 Å². The molecule has 116 valence electrons. The molecule has 2 N–H and O–H groups in total. The van der Waals surface area contributed by atoms with Gasteiger partial charge in [-0.1, -0.05) is 15.9 Å². The largest absolute Gasteiger partial charge is 0.496 e. The number of H-pyrrole nitrogens is 2. The van der Waals surface area contributed by atoms with E-state index in [9.17, 15) is 0 Å². The lowest BCUT2D eigenvalue weighted by molar-refractivity contribution is 0.419. The topological polar surface area (TPSA) is 66.8 Å². The molecule has 0 amide bonds. The second kappa shape index (κ2) is 5.58. The summed E-state index contributed by atoms with van der Waals surface area (Å²) in [5, 5.41) is 0.992. The number of nitrogens with one attached hydrogen (secondary N) is 2. The molecule has 0 spiro atoms. The summed E-state index contributed by atoms with van der Waals surface area (Å²) in [6.07, 6.45) is 1.70. The molecule has 0 atom stereocenters. The first-order chi connectivity index (χ1) is 11.1. The van der Waals surface area contributed by atoms with Crippen molar-refractivity contribution in [1.29, 1.82) is 0 Å². The van der Waals surface area contributed by atoms with E-state index in [-0.39, 0.29) is 0 Å². The summed E-state index contributed by atoms with van der Waals surface area (Å²) >= 11 is 6.86. The van der Waals surface area contributed by atoms with E-state index in [1.165, 1.54) is 0 Å². The number of aromatic amines is 2. The Hall–Kier alpha value is -1.99. The van der Waals surface area contributed by atoms with E-state index >= 15 is 0 Å². The molecule has 7 heteroatoms. The first-order valence-electron chi connectivity index (χ1n) is 6.81. The third kappa shape index (κ3) is 2.60. The van der Waals surface area contributed by atoms with Gasteiger partial charge in [-0.05, 0) is 46.3 Å². The lowest BCUT2D eigenvalue weighted by atomic mass is 10.2. The summed E-state index contributed by atoms with van der Waals surface area (Å²) in [6, 6.07) is 9.74. The summed E-state index contributed by atoms with van der Waals surface area (Å²) in [5.41, 5.74) is 2.63. The Balaban J connectivity index is 1.79. The van der Waals surface area contributed by atoms with Crippen molar-refractivity contribution in [3.05, 3.63) is 45.6 Å². The zero-order valence-electron chi connectivity index (χ0n) is 12.0. The predicted octanol–water partition coefficient (Wildman–Crippen LogP) is 5.35. The molecule has 0 aliphatic carbocycles. The highest BCUT2D eigenvalue weighted by atomic mass is 79.9. The van der Waals surface area contributed by atoms with E-state index in [2.05, 4.69) is 46.8 Å². The number of rotatable bonds is 3. The van der Waals surface area contributed by atoms with Gasteiger partial charge in [-0.3, -0.25) is 0 Å². The number of ether oxygens (including phenoxy) is 1. The van der Waals surface area contributed by atoms with Gasteiger partial charge in [0.1, 0.15) is 11.4 Å². The number of aromatic nitrogens is 3. The summed E-state index contributed by atoms with van der Waals surface area (Å²) < 4.78 is 13.1. The van der Waals surface area contributed by atoms with Gasteiger partial charge in [-0.15, -0.1) is 0 Å². The van der Waals surface area contributed by atoms with Crippen molar-refractivity contribution in [2.24, 2.45) is 0 Å². The van der Waals surface area contributed by atoms with E-state index in [4.69, 9.17) is 9.15 Å². The van der Waals surface area contributed by atoms with Crippen molar-refractivity contribution in [2.75, 3.05) is 7.11 Å². The molecular formula is C16H11Br2N3O2. The maximum atomic E-state index is 5.86. The lowest BCUT2D eigenvalue weighted by Crippen LogP contribution is -1.83. The second-order valence-electron chi connectivity index (χ2n) is 5.00. The normalized spacial score (nSPS) is 11.3. The number of hydrogen-bond donors (Lipinski definition) is 2. The first kappa shape index (κ1) is 14.6. The van der Waals surface area contributed by atoms with Crippen molar-refractivity contribution in [3.63, 3.8) is 0 Å². The van der Waals surface area contributed by atoms with Crippen LogP contribution >= 0.6 is 31.9 Å². The standard InChI is InChI=1S/C16H11Br2N3O2/c1-22-13-5-8(17)4-11-9(13)6-12(20-11)14-7-19-16(23-14)10-2-3-15(18)21-10/h2-7,20-21H,1H3. The van der Waals surface area contributed by atoms with Crippen LogP contribution in [0.4, 0.5) is 0 Å². The molecular weight excluding hydrogens is 426 g/mol. The molecule has 0 saturated heterocycles. The fourth-order valence-corrected chi connectivity index (χ4v) is 3.27. The van der Waals surface area contributed by atoms with Crippen molar-refractivity contribution in [1.82, 2.24) is 15.0 Å². The van der Waals surface area contributed by atoms with Gasteiger partial charge in [0.15, 0.2) is 5.76 Å². The Morgan fingerprint density at radius 3 is 2.70 bits per heavy atom. The van der Waals surface area contributed by atoms with E-state index in [0.29, 0.717) is 11.7 Å². The summed E-state index contributed by atoms with van der Waals surface area (Å²) in [6.45, 7) is 0. The molecule has 0 aliphatic rings. The van der Waals surface area contributed by atoms with Crippen molar-refractivity contribution in [3.8, 4) is 28.8 Å². The molecule has 5 nitrogen and oxygen atoms in total. The van der Waals surface area contributed by atoms with Gasteiger partial charge in [-0.25, -0.2) is 4.98 Å². The Morgan fingerprint density at radius 2 is 1.96 bits per heavy atom. The van der Waals surface area contributed by atoms with Gasteiger partial charge in [0.05, 0.1) is 29.1 Å². The average Bonchev–Trinajstić information content (AvgIpc) is 3.23. The van der Waals surface area contributed by atoms with E-state index in [1.54, 1.807) is 13.3 Å². The molecule has 0 unspecified atom stereocenters. The SMILES string of the molecule is COc1cc(Br)cc2[nH]c(-c3cnc(-c4ccc(Br)[nH]4)o3)cc12. The van der Waals surface area contributed by atoms with E-state index < -0.39 is 0 Å². The van der Waals surface area contributed by atoms with Crippen LogP contribution in [0.25, 0.3) is 33.9 Å². The quantitative estimate of drug-likeness (QED) is 0.454. The highest BCUT2D eigenvalue weighted by molar-refractivity contribution is 9.10. The number of oxazole rings is 1. The smallest absolute Gasteiger partial charge is 0.243 e. The highest BCUT2D eigenvalue weighted by Gasteiger charge is 2.14. The van der Waals surface area contributed by atoms with Gasteiger partial charge < -0.3 is 19.1 Å². The maximum Gasteiger partial charge on any atom is 0.243 e. The zero-order chi connectivity index (χ0) is 16.0. The molecule has 4 aromatic rings. The van der Waals surface area contributed by atoms with Gasteiger partial charge in [0.25, 0.3) is 0 Å². The number of benzene rings is 1. The fourth-order valence-electron chi connectivity index (χ4n) is 2.49. The van der Waals surface area contributed by atoms with Gasteiger partial charge in [0.2, 0.25) is 5.89 Å². The molecule has 3 aromatic heterocycles. The Morgan fingerprint density at radius 1 is 1.09 bits per heavy atom. The molecule has 1 aromatic carbocycles. The number of fused-ring (bicyclic) bond motifs is 1. The molecule has 3 heterocycles. The lowest BCUT2D eigenvalue weighted by Gasteiger charge is -2.01. The van der Waals surface area contributed by atoms with Gasteiger partial charge in [-0.2, -0.15) is 0 Å². The first-order valence-corrected chi connectivity index (χ1v) is 8.40. The summed E-state index contributed by atoms with van der Waals surface area (Å²) in [7, 11) is 1.66.